The minimum atomic E-state index is -0.498. The number of nitrogens with one attached hydrogen (secondary N) is 2. The van der Waals surface area contributed by atoms with Crippen LogP contribution in [-0.2, 0) is 20.7 Å². The molecule has 0 aliphatic heterocycles. The smallest absolute Gasteiger partial charge is 0.306 e. The number of carbonyl (C=O) groups excluding carboxylic acids is 2. The van der Waals surface area contributed by atoms with Gasteiger partial charge in [-0.25, -0.2) is 0 Å². The zero-order valence-electron chi connectivity index (χ0n) is 18.5. The van der Waals surface area contributed by atoms with Crippen LogP contribution in [0.25, 0.3) is 16.6 Å². The first-order valence-corrected chi connectivity index (χ1v) is 10.7. The number of ether oxygens (including phenoxy) is 1. The molecule has 0 spiro atoms. The SMILES string of the molecule is Cc1c(C#N)c(NC(=O)COC(=O)CCc2c[nH]c3ccccc23)n(-c2ccccc2)c1C. The van der Waals surface area contributed by atoms with Gasteiger partial charge in [0.25, 0.3) is 5.91 Å². The number of aromatic amines is 1. The largest absolute Gasteiger partial charge is 0.456 e. The maximum atomic E-state index is 12.6. The lowest BCUT2D eigenvalue weighted by Gasteiger charge is -2.13. The third-order valence-corrected chi connectivity index (χ3v) is 5.74. The number of hydrogen-bond acceptors (Lipinski definition) is 4. The maximum absolute atomic E-state index is 12.6. The predicted molar refractivity (Wildman–Crippen MR) is 126 cm³/mol. The van der Waals surface area contributed by atoms with Crippen LogP contribution in [0.3, 0.4) is 0 Å². The lowest BCUT2D eigenvalue weighted by atomic mass is 10.1. The summed E-state index contributed by atoms with van der Waals surface area (Å²) in [7, 11) is 0. The number of H-pyrrole nitrogens is 1. The molecule has 2 aromatic heterocycles. The Balaban J connectivity index is 1.40. The van der Waals surface area contributed by atoms with Gasteiger partial charge in [0.2, 0.25) is 0 Å². The molecule has 0 atom stereocenters. The number of fused-ring (bicyclic) bond motifs is 1. The average molecular weight is 441 g/mol. The highest BCUT2D eigenvalue weighted by atomic mass is 16.5. The van der Waals surface area contributed by atoms with Crippen LogP contribution in [-0.4, -0.2) is 28.0 Å². The Morgan fingerprint density at radius 1 is 1.09 bits per heavy atom. The molecule has 0 unspecified atom stereocenters. The van der Waals surface area contributed by atoms with Crippen LogP contribution in [0.5, 0.6) is 0 Å². The molecule has 7 heteroatoms. The predicted octanol–water partition coefficient (Wildman–Crippen LogP) is 4.56. The molecular weight excluding hydrogens is 416 g/mol. The number of amides is 1. The molecule has 0 radical (unpaired) electrons. The van der Waals surface area contributed by atoms with Gasteiger partial charge in [-0.1, -0.05) is 36.4 Å². The van der Waals surface area contributed by atoms with Crippen molar-refractivity contribution in [2.24, 2.45) is 0 Å². The van der Waals surface area contributed by atoms with Gasteiger partial charge in [-0.3, -0.25) is 14.2 Å². The summed E-state index contributed by atoms with van der Waals surface area (Å²) in [5.41, 5.74) is 4.88. The van der Waals surface area contributed by atoms with Crippen LogP contribution >= 0.6 is 0 Å². The van der Waals surface area contributed by atoms with Crippen LogP contribution in [0.15, 0.2) is 60.8 Å². The molecule has 0 aliphatic rings. The molecular formula is C26H24N4O3. The second-order valence-electron chi connectivity index (χ2n) is 7.79. The topological polar surface area (TPSA) is 99.9 Å². The number of anilines is 1. The number of esters is 1. The Morgan fingerprint density at radius 3 is 2.58 bits per heavy atom. The first-order chi connectivity index (χ1) is 16.0. The van der Waals surface area contributed by atoms with Gasteiger partial charge in [-0.15, -0.1) is 0 Å². The molecule has 2 aromatic carbocycles. The van der Waals surface area contributed by atoms with E-state index in [1.54, 1.807) is 0 Å². The molecule has 0 fully saturated rings. The molecule has 33 heavy (non-hydrogen) atoms. The maximum Gasteiger partial charge on any atom is 0.306 e. The van der Waals surface area contributed by atoms with Crippen LogP contribution in [0.2, 0.25) is 0 Å². The van der Waals surface area contributed by atoms with Gasteiger partial charge in [-0.05, 0) is 49.6 Å². The van der Waals surface area contributed by atoms with E-state index < -0.39 is 18.5 Å². The van der Waals surface area contributed by atoms with Crippen LogP contribution in [0.1, 0.15) is 28.8 Å². The average Bonchev–Trinajstić information content (AvgIpc) is 3.35. The number of nitrogens with zero attached hydrogens (tertiary/aromatic N) is 2. The highest BCUT2D eigenvalue weighted by molar-refractivity contribution is 5.94. The van der Waals surface area contributed by atoms with E-state index in [1.165, 1.54) is 0 Å². The summed E-state index contributed by atoms with van der Waals surface area (Å²) in [6, 6.07) is 19.5. The molecule has 2 N–H and O–H groups in total. The Bertz CT molecular complexity index is 1360. The second-order valence-corrected chi connectivity index (χ2v) is 7.79. The summed E-state index contributed by atoms with van der Waals surface area (Å²) in [6.45, 7) is 3.31. The van der Waals surface area contributed by atoms with E-state index in [0.717, 1.165) is 33.4 Å². The van der Waals surface area contributed by atoms with E-state index in [4.69, 9.17) is 4.74 Å². The molecule has 0 bridgehead atoms. The lowest BCUT2D eigenvalue weighted by molar-refractivity contribution is -0.147. The second kappa shape index (κ2) is 9.45. The minimum absolute atomic E-state index is 0.164. The number of para-hydroxylation sites is 2. The summed E-state index contributed by atoms with van der Waals surface area (Å²) < 4.78 is 7.01. The van der Waals surface area contributed by atoms with Gasteiger partial charge in [0.05, 0.1) is 5.56 Å². The lowest BCUT2D eigenvalue weighted by Crippen LogP contribution is -2.23. The van der Waals surface area contributed by atoms with Crippen molar-refractivity contribution in [2.75, 3.05) is 11.9 Å². The van der Waals surface area contributed by atoms with Crippen molar-refractivity contribution >= 4 is 28.6 Å². The van der Waals surface area contributed by atoms with Crippen molar-refractivity contribution in [3.05, 3.63) is 83.2 Å². The molecule has 0 saturated carbocycles. The zero-order chi connectivity index (χ0) is 23.4. The summed E-state index contributed by atoms with van der Waals surface area (Å²) in [4.78, 5) is 28.0. The van der Waals surface area contributed by atoms with Crippen molar-refractivity contribution in [3.63, 3.8) is 0 Å². The summed E-state index contributed by atoms with van der Waals surface area (Å²) in [5.74, 6) is -0.582. The number of hydrogen-bond donors (Lipinski definition) is 2. The van der Waals surface area contributed by atoms with Crippen LogP contribution in [0, 0.1) is 25.2 Å². The standard InChI is InChI=1S/C26H24N4O3/c1-17-18(2)30(20-8-4-3-5-9-20)26(22(17)14-27)29-24(31)16-33-25(32)13-12-19-15-28-23-11-7-6-10-21(19)23/h3-11,15,28H,12-13,16H2,1-2H3,(H,29,31). The van der Waals surface area contributed by atoms with Crippen molar-refractivity contribution < 1.29 is 14.3 Å². The molecule has 4 aromatic rings. The van der Waals surface area contributed by atoms with Crippen molar-refractivity contribution in [2.45, 2.75) is 26.7 Å². The van der Waals surface area contributed by atoms with E-state index in [-0.39, 0.29) is 6.42 Å². The molecule has 7 nitrogen and oxygen atoms in total. The molecule has 4 rings (SSSR count). The number of aromatic nitrogens is 2. The minimum Gasteiger partial charge on any atom is -0.456 e. The molecule has 2 heterocycles. The number of nitriles is 1. The highest BCUT2D eigenvalue weighted by Crippen LogP contribution is 2.29. The zero-order valence-corrected chi connectivity index (χ0v) is 18.5. The summed E-state index contributed by atoms with van der Waals surface area (Å²) >= 11 is 0. The fourth-order valence-corrected chi connectivity index (χ4v) is 3.92. The monoisotopic (exact) mass is 440 g/mol. The van der Waals surface area contributed by atoms with Crippen molar-refractivity contribution in [1.82, 2.24) is 9.55 Å². The van der Waals surface area contributed by atoms with Gasteiger partial charge in [0, 0.05) is 34.9 Å². The molecule has 0 aliphatic carbocycles. The van der Waals surface area contributed by atoms with Gasteiger partial charge in [0.1, 0.15) is 11.9 Å². The molecule has 1 amide bonds. The van der Waals surface area contributed by atoms with E-state index in [9.17, 15) is 14.9 Å². The van der Waals surface area contributed by atoms with Gasteiger partial charge in [-0.2, -0.15) is 5.26 Å². The number of rotatable bonds is 7. The fraction of sp³-hybridized carbons (Fsp3) is 0.192. The van der Waals surface area contributed by atoms with E-state index in [1.807, 2.05) is 79.2 Å². The van der Waals surface area contributed by atoms with E-state index in [2.05, 4.69) is 16.4 Å². The third-order valence-electron chi connectivity index (χ3n) is 5.74. The first kappa shape index (κ1) is 21.9. The van der Waals surface area contributed by atoms with Crippen molar-refractivity contribution in [1.29, 1.82) is 5.26 Å². The first-order valence-electron chi connectivity index (χ1n) is 10.7. The van der Waals surface area contributed by atoms with Crippen LogP contribution in [0.4, 0.5) is 5.82 Å². The van der Waals surface area contributed by atoms with E-state index >= 15 is 0 Å². The Morgan fingerprint density at radius 2 is 1.82 bits per heavy atom. The summed E-state index contributed by atoms with van der Waals surface area (Å²) in [6.07, 6.45) is 2.56. The number of carbonyl (C=O) groups is 2. The fourth-order valence-electron chi connectivity index (χ4n) is 3.92. The van der Waals surface area contributed by atoms with Crippen LogP contribution < -0.4 is 5.32 Å². The summed E-state index contributed by atoms with van der Waals surface area (Å²) in [5, 5.41) is 13.5. The Hall–Kier alpha value is -4.31. The Kier molecular flexibility index (Phi) is 6.27. The normalized spacial score (nSPS) is 10.7. The van der Waals surface area contributed by atoms with E-state index in [0.29, 0.717) is 17.8 Å². The number of benzene rings is 2. The third kappa shape index (κ3) is 4.51. The van der Waals surface area contributed by atoms with Gasteiger partial charge < -0.3 is 15.0 Å². The highest BCUT2D eigenvalue weighted by Gasteiger charge is 2.21. The molecule has 166 valence electrons. The molecule has 0 saturated heterocycles. The van der Waals surface area contributed by atoms with Crippen molar-refractivity contribution in [3.8, 4) is 11.8 Å². The number of aryl methyl sites for hydroxylation is 1. The van der Waals surface area contributed by atoms with Gasteiger partial charge in [0.15, 0.2) is 6.61 Å². The Labute approximate surface area is 191 Å². The quantitative estimate of drug-likeness (QED) is 0.411. The van der Waals surface area contributed by atoms with Gasteiger partial charge >= 0.3 is 5.97 Å².